The molecule has 0 saturated heterocycles. The van der Waals surface area contributed by atoms with Gasteiger partial charge < -0.3 is 20.5 Å². The normalized spacial score (nSPS) is 21.1. The number of hydrogen-bond donors (Lipinski definition) is 3. The highest BCUT2D eigenvalue weighted by Gasteiger charge is 2.38. The number of ether oxygens (including phenoxy) is 1. The van der Waals surface area contributed by atoms with Crippen LogP contribution in [0.5, 0.6) is 11.5 Å². The first kappa shape index (κ1) is 20.5. The Kier molecular flexibility index (Phi) is 5.32. The lowest BCUT2D eigenvalue weighted by Gasteiger charge is -2.36. The molecule has 7 heteroatoms. The quantitative estimate of drug-likeness (QED) is 0.533. The predicted molar refractivity (Wildman–Crippen MR) is 120 cm³/mol. The summed E-state index contributed by atoms with van der Waals surface area (Å²) in [4.78, 5) is 14.3. The number of aromatic hydroxyl groups is 1. The molecule has 0 radical (unpaired) electrons. The number of anilines is 1. The number of nitrogens with one attached hydrogen (secondary N) is 2. The Morgan fingerprint density at radius 1 is 1.34 bits per heavy atom. The van der Waals surface area contributed by atoms with Gasteiger partial charge in [0, 0.05) is 14.9 Å². The maximum absolute atomic E-state index is 13.0. The summed E-state index contributed by atoms with van der Waals surface area (Å²) in [6.07, 6.45) is 3.75. The number of benzene rings is 1. The SMILES string of the molecule is CCC(C)(C)[C@@H]1CCc2c(sc3c2C(=O)N[C@@H](c2cc(Br)cc(OC)c2O)N3)C1. The number of amides is 1. The van der Waals surface area contributed by atoms with E-state index in [2.05, 4.69) is 47.3 Å². The van der Waals surface area contributed by atoms with E-state index in [0.717, 1.165) is 40.7 Å². The third kappa shape index (κ3) is 3.52. The summed E-state index contributed by atoms with van der Waals surface area (Å²) < 4.78 is 6.03. The van der Waals surface area contributed by atoms with E-state index in [-0.39, 0.29) is 11.7 Å². The lowest BCUT2D eigenvalue weighted by molar-refractivity contribution is 0.0934. The molecule has 5 nitrogen and oxygen atoms in total. The average molecular weight is 479 g/mol. The van der Waals surface area contributed by atoms with Crippen molar-refractivity contribution in [3.8, 4) is 11.5 Å². The summed E-state index contributed by atoms with van der Waals surface area (Å²) in [6.45, 7) is 6.95. The number of rotatable bonds is 4. The lowest BCUT2D eigenvalue weighted by Crippen LogP contribution is -2.38. The van der Waals surface area contributed by atoms with Crippen molar-refractivity contribution < 1.29 is 14.6 Å². The van der Waals surface area contributed by atoms with Gasteiger partial charge in [-0.1, -0.05) is 43.1 Å². The molecule has 0 fully saturated rings. The number of hydrogen-bond acceptors (Lipinski definition) is 5. The fourth-order valence-electron chi connectivity index (χ4n) is 4.38. The minimum Gasteiger partial charge on any atom is -0.504 e. The number of phenolic OH excluding ortho intramolecular Hbond substituents is 1. The number of halogens is 1. The van der Waals surface area contributed by atoms with Gasteiger partial charge in [-0.2, -0.15) is 0 Å². The Morgan fingerprint density at radius 3 is 2.79 bits per heavy atom. The van der Waals surface area contributed by atoms with Crippen LogP contribution in [0.15, 0.2) is 16.6 Å². The van der Waals surface area contributed by atoms with Gasteiger partial charge in [-0.15, -0.1) is 11.3 Å². The maximum atomic E-state index is 13.0. The maximum Gasteiger partial charge on any atom is 0.256 e. The monoisotopic (exact) mass is 478 g/mol. The lowest BCUT2D eigenvalue weighted by atomic mass is 9.69. The van der Waals surface area contributed by atoms with Crippen molar-refractivity contribution in [2.45, 2.75) is 52.6 Å². The van der Waals surface area contributed by atoms with Crippen LogP contribution in [0.25, 0.3) is 0 Å². The van der Waals surface area contributed by atoms with Crippen LogP contribution < -0.4 is 15.4 Å². The van der Waals surface area contributed by atoms with E-state index in [9.17, 15) is 9.90 Å². The number of carbonyl (C=O) groups excluding carboxylic acids is 1. The summed E-state index contributed by atoms with van der Waals surface area (Å²) in [5.74, 6) is 0.958. The van der Waals surface area contributed by atoms with Crippen LogP contribution in [0.3, 0.4) is 0 Å². The third-order valence-electron chi connectivity index (χ3n) is 6.66. The second kappa shape index (κ2) is 7.51. The minimum atomic E-state index is -0.510. The first-order valence-corrected chi connectivity index (χ1v) is 11.6. The first-order chi connectivity index (χ1) is 13.7. The van der Waals surface area contributed by atoms with Gasteiger partial charge in [0.05, 0.1) is 12.7 Å². The van der Waals surface area contributed by atoms with Crippen molar-refractivity contribution in [1.82, 2.24) is 5.32 Å². The van der Waals surface area contributed by atoms with E-state index in [4.69, 9.17) is 4.74 Å². The second-order valence-electron chi connectivity index (χ2n) is 8.59. The van der Waals surface area contributed by atoms with E-state index in [0.29, 0.717) is 22.6 Å². The van der Waals surface area contributed by atoms with Gasteiger partial charge in [-0.05, 0) is 48.3 Å². The standard InChI is InChI=1S/C22H27BrN2O3S/c1-5-22(2,3)11-6-7-13-16(8-11)29-21-17(13)20(27)24-19(25-21)14-9-12(23)10-15(28-4)18(14)26/h9-11,19,25-26H,5-8H2,1-4H3,(H,24,27)/t11-,19-/m1/s1. The van der Waals surface area contributed by atoms with Crippen LogP contribution in [0.1, 0.15) is 66.1 Å². The van der Waals surface area contributed by atoms with Crippen LogP contribution in [-0.4, -0.2) is 18.1 Å². The molecule has 0 spiro atoms. The van der Waals surface area contributed by atoms with Crippen molar-refractivity contribution in [2.75, 3.05) is 12.4 Å². The molecule has 4 rings (SSSR count). The van der Waals surface area contributed by atoms with Crippen LogP contribution in [-0.2, 0) is 12.8 Å². The zero-order valence-corrected chi connectivity index (χ0v) is 19.6. The molecule has 1 aromatic heterocycles. The number of phenols is 1. The molecule has 2 aliphatic rings. The summed E-state index contributed by atoms with van der Waals surface area (Å²) in [6, 6.07) is 3.50. The fraction of sp³-hybridized carbons (Fsp3) is 0.500. The van der Waals surface area contributed by atoms with Crippen molar-refractivity contribution >= 4 is 38.2 Å². The first-order valence-electron chi connectivity index (χ1n) is 10.0. The van der Waals surface area contributed by atoms with Crippen molar-refractivity contribution in [3.63, 3.8) is 0 Å². The van der Waals surface area contributed by atoms with Crippen molar-refractivity contribution in [2.24, 2.45) is 11.3 Å². The second-order valence-corrected chi connectivity index (χ2v) is 10.6. The van der Waals surface area contributed by atoms with Gasteiger partial charge in [0.2, 0.25) is 0 Å². The Hall–Kier alpha value is -1.73. The van der Waals surface area contributed by atoms with Crippen molar-refractivity contribution in [1.29, 1.82) is 0 Å². The smallest absolute Gasteiger partial charge is 0.256 e. The molecule has 3 N–H and O–H groups in total. The van der Waals surface area contributed by atoms with Gasteiger partial charge in [0.25, 0.3) is 5.91 Å². The van der Waals surface area contributed by atoms with E-state index >= 15 is 0 Å². The predicted octanol–water partition coefficient (Wildman–Crippen LogP) is 5.62. The number of fused-ring (bicyclic) bond motifs is 3. The molecule has 2 atom stereocenters. The van der Waals surface area contributed by atoms with Crippen LogP contribution in [0, 0.1) is 11.3 Å². The highest BCUT2D eigenvalue weighted by Crippen LogP contribution is 2.48. The van der Waals surface area contributed by atoms with Gasteiger partial charge in [0.1, 0.15) is 11.2 Å². The summed E-state index contributed by atoms with van der Waals surface area (Å²) >= 11 is 5.14. The minimum absolute atomic E-state index is 0.0306. The molecule has 2 heterocycles. The van der Waals surface area contributed by atoms with E-state index in [1.807, 2.05) is 0 Å². The number of carbonyl (C=O) groups is 1. The highest BCUT2D eigenvalue weighted by molar-refractivity contribution is 9.10. The Balaban J connectivity index is 1.67. The van der Waals surface area contributed by atoms with Crippen LogP contribution in [0.4, 0.5) is 5.00 Å². The number of thiophene rings is 1. The average Bonchev–Trinajstić information content (AvgIpc) is 3.07. The Labute approximate surface area is 184 Å². The van der Waals surface area contributed by atoms with E-state index < -0.39 is 6.17 Å². The molecule has 0 unspecified atom stereocenters. The third-order valence-corrected chi connectivity index (χ3v) is 8.30. The molecule has 29 heavy (non-hydrogen) atoms. The highest BCUT2D eigenvalue weighted by atomic mass is 79.9. The molecule has 0 bridgehead atoms. The van der Waals surface area contributed by atoms with E-state index in [1.54, 1.807) is 23.5 Å². The summed E-state index contributed by atoms with van der Waals surface area (Å²) in [7, 11) is 1.51. The summed E-state index contributed by atoms with van der Waals surface area (Å²) in [5.41, 5.74) is 2.87. The molecular formula is C22H27BrN2O3S. The Bertz CT molecular complexity index is 969. The number of methoxy groups -OCH3 is 1. The molecule has 1 aliphatic heterocycles. The van der Waals surface area contributed by atoms with Gasteiger partial charge in [-0.3, -0.25) is 4.79 Å². The van der Waals surface area contributed by atoms with Crippen molar-refractivity contribution in [3.05, 3.63) is 38.2 Å². The summed E-state index contributed by atoms with van der Waals surface area (Å²) in [5, 5.41) is 17.9. The molecule has 156 valence electrons. The zero-order valence-electron chi connectivity index (χ0n) is 17.2. The zero-order chi connectivity index (χ0) is 20.9. The van der Waals surface area contributed by atoms with Gasteiger partial charge >= 0.3 is 0 Å². The molecule has 0 saturated carbocycles. The van der Waals surface area contributed by atoms with E-state index in [1.165, 1.54) is 17.6 Å². The van der Waals surface area contributed by atoms with Gasteiger partial charge in [0.15, 0.2) is 11.5 Å². The van der Waals surface area contributed by atoms with Crippen LogP contribution >= 0.6 is 27.3 Å². The largest absolute Gasteiger partial charge is 0.504 e. The van der Waals surface area contributed by atoms with Crippen LogP contribution in [0.2, 0.25) is 0 Å². The van der Waals surface area contributed by atoms with Gasteiger partial charge in [-0.25, -0.2) is 0 Å². The molecule has 1 aromatic carbocycles. The fourth-order valence-corrected chi connectivity index (χ4v) is 6.19. The molecule has 1 aliphatic carbocycles. The molecule has 2 aromatic rings. The molecule has 1 amide bonds. The molecular weight excluding hydrogens is 452 g/mol. The topological polar surface area (TPSA) is 70.6 Å². The Morgan fingerprint density at radius 2 is 2.10 bits per heavy atom.